The third-order valence-electron chi connectivity index (χ3n) is 2.37. The molecule has 2 aromatic rings. The van der Waals surface area contributed by atoms with Crippen molar-refractivity contribution >= 4 is 28.8 Å². The molecule has 0 aromatic carbocycles. The van der Waals surface area contributed by atoms with Crippen LogP contribution in [0.25, 0.3) is 0 Å². The Morgan fingerprint density at radius 3 is 2.94 bits per heavy atom. The fourth-order valence-electron chi connectivity index (χ4n) is 1.43. The van der Waals surface area contributed by atoms with Crippen molar-refractivity contribution in [1.29, 1.82) is 0 Å². The number of rotatable bonds is 3. The Hall–Kier alpha value is -2.02. The van der Waals surface area contributed by atoms with Gasteiger partial charge in [0.05, 0.1) is 23.3 Å². The Morgan fingerprint density at radius 1 is 1.50 bits per heavy atom. The number of nitrogens with zero attached hydrogens (tertiary/aromatic N) is 3. The molecular formula is C11H13N5OS. The zero-order chi connectivity index (χ0) is 13.1. The number of nitrogen functional groups attached to an aromatic ring is 1. The number of carbonyl (C=O) groups excluding carboxylic acids is 1. The molecule has 7 heteroatoms. The number of nitrogens with one attached hydrogen (secondary N) is 1. The molecule has 0 radical (unpaired) electrons. The van der Waals surface area contributed by atoms with Crippen LogP contribution in [0, 0.1) is 0 Å². The standard InChI is InChI=1S/C11H13N5OS/c1-6(2)9-10(18-16-15-9)11(17)14-8-3-4-13-5-7(8)12/h3-6H,12H2,1-2H3,(H,13,14,17). The minimum absolute atomic E-state index is 0.152. The van der Waals surface area contributed by atoms with E-state index in [0.717, 1.165) is 11.5 Å². The van der Waals surface area contributed by atoms with Gasteiger partial charge in [0, 0.05) is 6.20 Å². The number of aromatic nitrogens is 3. The largest absolute Gasteiger partial charge is 0.396 e. The molecule has 2 aromatic heterocycles. The number of amides is 1. The summed E-state index contributed by atoms with van der Waals surface area (Å²) in [6.07, 6.45) is 3.06. The molecule has 3 N–H and O–H groups in total. The average molecular weight is 263 g/mol. The van der Waals surface area contributed by atoms with E-state index in [-0.39, 0.29) is 11.8 Å². The van der Waals surface area contributed by atoms with Crippen molar-refractivity contribution in [2.24, 2.45) is 0 Å². The van der Waals surface area contributed by atoms with Crippen LogP contribution < -0.4 is 11.1 Å². The molecule has 0 fully saturated rings. The molecule has 0 atom stereocenters. The summed E-state index contributed by atoms with van der Waals surface area (Å²) in [5.74, 6) is -0.0918. The van der Waals surface area contributed by atoms with Gasteiger partial charge in [-0.3, -0.25) is 9.78 Å². The molecule has 0 spiro atoms. The van der Waals surface area contributed by atoms with Crippen molar-refractivity contribution in [2.75, 3.05) is 11.1 Å². The Bertz CT molecular complexity index is 566. The van der Waals surface area contributed by atoms with Crippen LogP contribution in [0.3, 0.4) is 0 Å². The van der Waals surface area contributed by atoms with Gasteiger partial charge >= 0.3 is 0 Å². The van der Waals surface area contributed by atoms with Crippen LogP contribution in [0.1, 0.15) is 35.1 Å². The maximum absolute atomic E-state index is 12.1. The van der Waals surface area contributed by atoms with E-state index in [0.29, 0.717) is 21.9 Å². The minimum atomic E-state index is -0.244. The lowest BCUT2D eigenvalue weighted by atomic mass is 10.1. The molecule has 1 amide bonds. The van der Waals surface area contributed by atoms with Gasteiger partial charge in [0.15, 0.2) is 0 Å². The first-order valence-electron chi connectivity index (χ1n) is 5.42. The summed E-state index contributed by atoms with van der Waals surface area (Å²) >= 11 is 1.08. The molecule has 0 saturated heterocycles. The molecule has 6 nitrogen and oxygen atoms in total. The average Bonchev–Trinajstić information content (AvgIpc) is 2.81. The third-order valence-corrected chi connectivity index (χ3v) is 3.11. The second-order valence-corrected chi connectivity index (χ2v) is 4.81. The fourth-order valence-corrected chi connectivity index (χ4v) is 2.15. The Kier molecular flexibility index (Phi) is 3.52. The van der Waals surface area contributed by atoms with Gasteiger partial charge in [0.2, 0.25) is 0 Å². The molecule has 0 aliphatic heterocycles. The molecule has 0 aliphatic rings. The Morgan fingerprint density at radius 2 is 2.28 bits per heavy atom. The quantitative estimate of drug-likeness (QED) is 0.882. The highest BCUT2D eigenvalue weighted by Gasteiger charge is 2.19. The molecule has 0 bridgehead atoms. The first-order valence-corrected chi connectivity index (χ1v) is 6.20. The number of hydrogen-bond donors (Lipinski definition) is 2. The predicted octanol–water partition coefficient (Wildman–Crippen LogP) is 1.89. The van der Waals surface area contributed by atoms with Gasteiger partial charge in [-0.25, -0.2) is 0 Å². The summed E-state index contributed by atoms with van der Waals surface area (Å²) < 4.78 is 3.82. The summed E-state index contributed by atoms with van der Waals surface area (Å²) in [5, 5.41) is 6.70. The van der Waals surface area contributed by atoms with Crippen molar-refractivity contribution in [1.82, 2.24) is 14.6 Å². The Balaban J connectivity index is 2.23. The SMILES string of the molecule is CC(C)c1nnsc1C(=O)Nc1ccncc1N. The first kappa shape index (κ1) is 12.4. The number of anilines is 2. The highest BCUT2D eigenvalue weighted by atomic mass is 32.1. The van der Waals surface area contributed by atoms with Gasteiger partial charge < -0.3 is 11.1 Å². The lowest BCUT2D eigenvalue weighted by molar-refractivity contribution is 0.102. The van der Waals surface area contributed by atoms with Gasteiger partial charge in [0.1, 0.15) is 4.88 Å². The van der Waals surface area contributed by atoms with Crippen molar-refractivity contribution in [3.63, 3.8) is 0 Å². The maximum atomic E-state index is 12.1. The van der Waals surface area contributed by atoms with E-state index >= 15 is 0 Å². The van der Waals surface area contributed by atoms with Crippen LogP contribution >= 0.6 is 11.5 Å². The highest BCUT2D eigenvalue weighted by molar-refractivity contribution is 7.08. The summed E-state index contributed by atoms with van der Waals surface area (Å²) in [6, 6.07) is 1.65. The molecular weight excluding hydrogens is 250 g/mol. The van der Waals surface area contributed by atoms with E-state index in [1.165, 1.54) is 6.20 Å². The second-order valence-electron chi connectivity index (χ2n) is 4.06. The second kappa shape index (κ2) is 5.09. The third kappa shape index (κ3) is 2.45. The maximum Gasteiger partial charge on any atom is 0.269 e. The number of pyridine rings is 1. The first-order chi connectivity index (χ1) is 8.59. The van der Waals surface area contributed by atoms with Crippen molar-refractivity contribution in [3.05, 3.63) is 29.0 Å². The van der Waals surface area contributed by atoms with Crippen LogP contribution in [-0.2, 0) is 0 Å². The Labute approximate surface area is 108 Å². The van der Waals surface area contributed by atoms with Gasteiger partial charge in [-0.1, -0.05) is 18.3 Å². The molecule has 18 heavy (non-hydrogen) atoms. The van der Waals surface area contributed by atoms with E-state index in [1.807, 2.05) is 13.8 Å². The highest BCUT2D eigenvalue weighted by Crippen LogP contribution is 2.22. The molecule has 0 saturated carbocycles. The van der Waals surface area contributed by atoms with Crippen LogP contribution in [0.2, 0.25) is 0 Å². The van der Waals surface area contributed by atoms with Crippen molar-refractivity contribution < 1.29 is 4.79 Å². The molecule has 2 rings (SSSR count). The molecule has 2 heterocycles. The van der Waals surface area contributed by atoms with Crippen LogP contribution in [-0.4, -0.2) is 20.5 Å². The summed E-state index contributed by atoms with van der Waals surface area (Å²) in [5.41, 5.74) is 7.38. The lowest BCUT2D eigenvalue weighted by Gasteiger charge is -2.07. The van der Waals surface area contributed by atoms with E-state index < -0.39 is 0 Å². The van der Waals surface area contributed by atoms with Gasteiger partial charge in [-0.2, -0.15) is 0 Å². The summed E-state index contributed by atoms with van der Waals surface area (Å²) in [7, 11) is 0. The normalized spacial score (nSPS) is 10.6. The van der Waals surface area contributed by atoms with Crippen molar-refractivity contribution in [2.45, 2.75) is 19.8 Å². The number of hydrogen-bond acceptors (Lipinski definition) is 6. The van der Waals surface area contributed by atoms with Crippen LogP contribution in [0.15, 0.2) is 18.5 Å². The topological polar surface area (TPSA) is 93.8 Å². The van der Waals surface area contributed by atoms with E-state index in [2.05, 4.69) is 19.9 Å². The predicted molar refractivity (Wildman–Crippen MR) is 70.6 cm³/mol. The molecule has 0 unspecified atom stereocenters. The van der Waals surface area contributed by atoms with Crippen LogP contribution in [0.5, 0.6) is 0 Å². The number of carbonyl (C=O) groups is 1. The van der Waals surface area contributed by atoms with Crippen molar-refractivity contribution in [3.8, 4) is 0 Å². The fraction of sp³-hybridized carbons (Fsp3) is 0.273. The lowest BCUT2D eigenvalue weighted by Crippen LogP contribution is -2.14. The van der Waals surface area contributed by atoms with Crippen LogP contribution in [0.4, 0.5) is 11.4 Å². The summed E-state index contributed by atoms with van der Waals surface area (Å²) in [4.78, 5) is 16.5. The van der Waals surface area contributed by atoms with Gasteiger partial charge in [0.25, 0.3) is 5.91 Å². The molecule has 0 aliphatic carbocycles. The van der Waals surface area contributed by atoms with Gasteiger partial charge in [-0.05, 0) is 23.5 Å². The number of nitrogens with two attached hydrogens (primary N) is 1. The van der Waals surface area contributed by atoms with Gasteiger partial charge in [-0.15, -0.1) is 5.10 Å². The van der Waals surface area contributed by atoms with E-state index in [1.54, 1.807) is 12.3 Å². The van der Waals surface area contributed by atoms with E-state index in [4.69, 9.17) is 5.73 Å². The minimum Gasteiger partial charge on any atom is -0.396 e. The monoisotopic (exact) mass is 263 g/mol. The van der Waals surface area contributed by atoms with E-state index in [9.17, 15) is 4.79 Å². The molecule has 94 valence electrons. The smallest absolute Gasteiger partial charge is 0.269 e. The zero-order valence-electron chi connectivity index (χ0n) is 10.0. The zero-order valence-corrected chi connectivity index (χ0v) is 10.9. The summed E-state index contributed by atoms with van der Waals surface area (Å²) in [6.45, 7) is 3.93.